The monoisotopic (exact) mass is 262 g/mol. The number of carbonyl (C=O) groups is 2. The zero-order valence-electron chi connectivity index (χ0n) is 11.0. The van der Waals surface area contributed by atoms with E-state index < -0.39 is 5.97 Å². The first-order chi connectivity index (χ1) is 9.11. The van der Waals surface area contributed by atoms with Gasteiger partial charge in [-0.3, -0.25) is 9.78 Å². The van der Waals surface area contributed by atoms with Crippen LogP contribution >= 0.6 is 0 Å². The van der Waals surface area contributed by atoms with Gasteiger partial charge in [-0.05, 0) is 30.9 Å². The highest BCUT2D eigenvalue weighted by Gasteiger charge is 2.24. The van der Waals surface area contributed by atoms with Crippen molar-refractivity contribution in [1.82, 2.24) is 9.88 Å². The van der Waals surface area contributed by atoms with Crippen LogP contribution < -0.4 is 0 Å². The number of carboxylic acids is 1. The summed E-state index contributed by atoms with van der Waals surface area (Å²) in [6, 6.07) is 2.91. The zero-order valence-corrected chi connectivity index (χ0v) is 11.0. The van der Waals surface area contributed by atoms with Crippen LogP contribution in [-0.4, -0.2) is 40.0 Å². The smallest absolute Gasteiger partial charge is 0.337 e. The van der Waals surface area contributed by atoms with Gasteiger partial charge < -0.3 is 10.0 Å². The SMILES string of the molecule is CCC1CCCN(C(=O)c2ccc(C(=O)O)cn2)C1. The molecule has 1 fully saturated rings. The maximum atomic E-state index is 12.3. The molecule has 0 bridgehead atoms. The largest absolute Gasteiger partial charge is 0.478 e. The van der Waals surface area contributed by atoms with Crippen molar-refractivity contribution >= 4 is 11.9 Å². The van der Waals surface area contributed by atoms with Gasteiger partial charge in [-0.25, -0.2) is 4.79 Å². The van der Waals surface area contributed by atoms with E-state index in [0.29, 0.717) is 11.6 Å². The van der Waals surface area contributed by atoms with Gasteiger partial charge in [-0.1, -0.05) is 13.3 Å². The Balaban J connectivity index is 2.08. The molecule has 1 amide bonds. The molecule has 2 heterocycles. The topological polar surface area (TPSA) is 70.5 Å². The molecule has 5 nitrogen and oxygen atoms in total. The first kappa shape index (κ1) is 13.5. The number of rotatable bonds is 3. The Kier molecular flexibility index (Phi) is 4.14. The van der Waals surface area contributed by atoms with E-state index in [2.05, 4.69) is 11.9 Å². The van der Waals surface area contributed by atoms with E-state index in [1.165, 1.54) is 24.8 Å². The third-order valence-corrected chi connectivity index (χ3v) is 3.61. The van der Waals surface area contributed by atoms with Crippen molar-refractivity contribution in [3.8, 4) is 0 Å². The summed E-state index contributed by atoms with van der Waals surface area (Å²) in [5.74, 6) is -0.568. The van der Waals surface area contributed by atoms with Crippen LogP contribution in [0.5, 0.6) is 0 Å². The Morgan fingerprint density at radius 1 is 1.47 bits per heavy atom. The third kappa shape index (κ3) is 3.10. The van der Waals surface area contributed by atoms with E-state index >= 15 is 0 Å². The standard InChI is InChI=1S/C14H18N2O3/c1-2-10-4-3-7-16(9-10)13(17)12-6-5-11(8-15-12)14(18)19/h5-6,8,10H,2-4,7,9H2,1H3,(H,18,19). The van der Waals surface area contributed by atoms with Gasteiger partial charge in [0.1, 0.15) is 5.69 Å². The molecule has 1 aromatic heterocycles. The highest BCUT2D eigenvalue weighted by atomic mass is 16.4. The zero-order chi connectivity index (χ0) is 13.8. The summed E-state index contributed by atoms with van der Waals surface area (Å²) in [5.41, 5.74) is 0.420. The lowest BCUT2D eigenvalue weighted by Gasteiger charge is -2.32. The molecule has 5 heteroatoms. The molecule has 1 aliphatic heterocycles. The molecule has 1 aromatic rings. The maximum absolute atomic E-state index is 12.3. The van der Waals surface area contributed by atoms with E-state index in [9.17, 15) is 9.59 Å². The Morgan fingerprint density at radius 3 is 2.84 bits per heavy atom. The number of amides is 1. The first-order valence-corrected chi connectivity index (χ1v) is 6.60. The average molecular weight is 262 g/mol. The Hall–Kier alpha value is -1.91. The van der Waals surface area contributed by atoms with Gasteiger partial charge >= 0.3 is 5.97 Å². The number of likely N-dealkylation sites (tertiary alicyclic amines) is 1. The summed E-state index contributed by atoms with van der Waals surface area (Å²) in [6.45, 7) is 3.67. The molecule has 1 N–H and O–H groups in total. The van der Waals surface area contributed by atoms with E-state index in [0.717, 1.165) is 25.9 Å². The molecule has 1 atom stereocenters. The van der Waals surface area contributed by atoms with Crippen molar-refractivity contribution < 1.29 is 14.7 Å². The number of hydrogen-bond donors (Lipinski definition) is 1. The van der Waals surface area contributed by atoms with Gasteiger partial charge in [0.15, 0.2) is 0 Å². The highest BCUT2D eigenvalue weighted by Crippen LogP contribution is 2.20. The molecule has 0 aliphatic carbocycles. The van der Waals surface area contributed by atoms with Crippen molar-refractivity contribution in [2.45, 2.75) is 26.2 Å². The second kappa shape index (κ2) is 5.82. The molecule has 1 unspecified atom stereocenters. The molecule has 1 saturated heterocycles. The molecule has 0 saturated carbocycles. The summed E-state index contributed by atoms with van der Waals surface area (Å²) >= 11 is 0. The van der Waals surface area contributed by atoms with Gasteiger partial charge in [0.25, 0.3) is 5.91 Å². The second-order valence-electron chi connectivity index (χ2n) is 4.90. The summed E-state index contributed by atoms with van der Waals surface area (Å²) in [5, 5.41) is 8.79. The van der Waals surface area contributed by atoms with Crippen LogP contribution in [0.2, 0.25) is 0 Å². The number of aromatic nitrogens is 1. The molecule has 0 radical (unpaired) electrons. The number of pyridine rings is 1. The minimum atomic E-state index is -1.03. The van der Waals surface area contributed by atoms with E-state index in [1.807, 2.05) is 4.90 Å². The molecule has 0 aromatic carbocycles. The van der Waals surface area contributed by atoms with Gasteiger partial charge in [-0.2, -0.15) is 0 Å². The lowest BCUT2D eigenvalue weighted by molar-refractivity contribution is 0.0659. The van der Waals surface area contributed by atoms with Gasteiger partial charge in [0, 0.05) is 19.3 Å². The van der Waals surface area contributed by atoms with Crippen molar-refractivity contribution in [2.24, 2.45) is 5.92 Å². The van der Waals surface area contributed by atoms with Gasteiger partial charge in [-0.15, -0.1) is 0 Å². The van der Waals surface area contributed by atoms with Gasteiger partial charge in [0.2, 0.25) is 0 Å². The van der Waals surface area contributed by atoms with Crippen LogP contribution in [-0.2, 0) is 0 Å². The first-order valence-electron chi connectivity index (χ1n) is 6.60. The van der Waals surface area contributed by atoms with Crippen LogP contribution in [0.1, 0.15) is 47.0 Å². The molecule has 1 aliphatic rings. The lowest BCUT2D eigenvalue weighted by Crippen LogP contribution is -2.40. The minimum absolute atomic E-state index is 0.0987. The number of aromatic carboxylic acids is 1. The van der Waals surface area contributed by atoms with Crippen molar-refractivity contribution in [2.75, 3.05) is 13.1 Å². The Morgan fingerprint density at radius 2 is 2.26 bits per heavy atom. The molecule has 0 spiro atoms. The summed E-state index contributed by atoms with van der Waals surface area (Å²) in [6.07, 6.45) is 4.51. The minimum Gasteiger partial charge on any atom is -0.478 e. The van der Waals surface area contributed by atoms with Crippen molar-refractivity contribution in [3.05, 3.63) is 29.6 Å². The lowest BCUT2D eigenvalue weighted by atomic mass is 9.95. The van der Waals surface area contributed by atoms with Crippen LogP contribution in [0, 0.1) is 5.92 Å². The average Bonchev–Trinajstić information content (AvgIpc) is 2.46. The number of piperidine rings is 1. The predicted octanol–water partition coefficient (Wildman–Crippen LogP) is 2.04. The molecule has 102 valence electrons. The molecule has 2 rings (SSSR count). The van der Waals surface area contributed by atoms with Crippen molar-refractivity contribution in [3.63, 3.8) is 0 Å². The molecular weight excluding hydrogens is 244 g/mol. The fourth-order valence-electron chi connectivity index (χ4n) is 2.39. The Labute approximate surface area is 112 Å². The maximum Gasteiger partial charge on any atom is 0.337 e. The molecule has 19 heavy (non-hydrogen) atoms. The fraction of sp³-hybridized carbons (Fsp3) is 0.500. The number of hydrogen-bond acceptors (Lipinski definition) is 3. The predicted molar refractivity (Wildman–Crippen MR) is 70.1 cm³/mol. The number of carbonyl (C=O) groups excluding carboxylic acids is 1. The Bertz CT molecular complexity index is 470. The summed E-state index contributed by atoms with van der Waals surface area (Å²) in [4.78, 5) is 28.8. The van der Waals surface area contributed by atoms with Crippen molar-refractivity contribution in [1.29, 1.82) is 0 Å². The van der Waals surface area contributed by atoms with Gasteiger partial charge in [0.05, 0.1) is 5.56 Å². The van der Waals surface area contributed by atoms with E-state index in [-0.39, 0.29) is 11.5 Å². The van der Waals surface area contributed by atoms with Crippen LogP contribution in [0.4, 0.5) is 0 Å². The quantitative estimate of drug-likeness (QED) is 0.905. The number of nitrogens with zero attached hydrogens (tertiary/aromatic N) is 2. The summed E-state index contributed by atoms with van der Waals surface area (Å²) < 4.78 is 0. The second-order valence-corrected chi connectivity index (χ2v) is 4.90. The van der Waals surface area contributed by atoms with E-state index in [4.69, 9.17) is 5.11 Å². The van der Waals surface area contributed by atoms with Crippen LogP contribution in [0.15, 0.2) is 18.3 Å². The van der Waals surface area contributed by atoms with Crippen LogP contribution in [0.3, 0.4) is 0 Å². The molecular formula is C14H18N2O3. The summed E-state index contributed by atoms with van der Waals surface area (Å²) in [7, 11) is 0. The normalized spacial score (nSPS) is 19.2. The van der Waals surface area contributed by atoms with Crippen LogP contribution in [0.25, 0.3) is 0 Å². The van der Waals surface area contributed by atoms with E-state index in [1.54, 1.807) is 0 Å². The number of carboxylic acid groups (broad SMARTS) is 1. The fourth-order valence-corrected chi connectivity index (χ4v) is 2.39. The highest BCUT2D eigenvalue weighted by molar-refractivity contribution is 5.93. The third-order valence-electron chi connectivity index (χ3n) is 3.61.